The van der Waals surface area contributed by atoms with Gasteiger partial charge in [0.05, 0.1) is 9.21 Å². The Morgan fingerprint density at radius 1 is 1.45 bits per heavy atom. The number of hydrogen-bond acceptors (Lipinski definition) is 2. The fourth-order valence-electron chi connectivity index (χ4n) is 0.842. The first-order chi connectivity index (χ1) is 5.36. The van der Waals surface area contributed by atoms with Gasteiger partial charge in [-0.3, -0.25) is 0 Å². The number of hydrogen-bond donors (Lipinski definition) is 1. The Hall–Kier alpha value is -0.800. The van der Waals surface area contributed by atoms with Gasteiger partial charge in [-0.05, 0) is 12.1 Å². The molecule has 2 aromatic heterocycles. The van der Waals surface area contributed by atoms with Crippen LogP contribution in [-0.4, -0.2) is 9.97 Å². The Morgan fingerprint density at radius 2 is 2.36 bits per heavy atom. The third kappa shape index (κ3) is 1.29. The maximum absolute atomic E-state index is 5.75. The van der Waals surface area contributed by atoms with Crippen molar-refractivity contribution in [2.24, 2.45) is 0 Å². The summed E-state index contributed by atoms with van der Waals surface area (Å²) in [5.41, 5.74) is 0. The maximum atomic E-state index is 5.75. The molecule has 0 radical (unpaired) electrons. The van der Waals surface area contributed by atoms with Gasteiger partial charge in [0, 0.05) is 12.4 Å². The number of thiophene rings is 1. The summed E-state index contributed by atoms with van der Waals surface area (Å²) >= 11 is 7.27. The fourth-order valence-corrected chi connectivity index (χ4v) is 1.84. The van der Waals surface area contributed by atoms with Crippen LogP contribution >= 0.6 is 22.9 Å². The van der Waals surface area contributed by atoms with Gasteiger partial charge in [-0.15, -0.1) is 11.3 Å². The summed E-state index contributed by atoms with van der Waals surface area (Å²) in [5, 5.41) is 0. The Kier molecular flexibility index (Phi) is 1.68. The highest BCUT2D eigenvalue weighted by Crippen LogP contribution is 2.28. The van der Waals surface area contributed by atoms with E-state index in [1.807, 2.05) is 12.1 Å². The van der Waals surface area contributed by atoms with Gasteiger partial charge in [-0.1, -0.05) is 11.6 Å². The summed E-state index contributed by atoms with van der Waals surface area (Å²) in [4.78, 5) is 8.17. The number of aromatic nitrogens is 2. The highest BCUT2D eigenvalue weighted by atomic mass is 35.5. The van der Waals surface area contributed by atoms with E-state index in [0.29, 0.717) is 0 Å². The van der Waals surface area contributed by atoms with Gasteiger partial charge in [0.15, 0.2) is 0 Å². The molecule has 0 aliphatic rings. The molecule has 2 heterocycles. The average Bonchev–Trinajstić information content (AvgIpc) is 2.55. The Morgan fingerprint density at radius 3 is 2.91 bits per heavy atom. The van der Waals surface area contributed by atoms with E-state index in [-0.39, 0.29) is 0 Å². The molecule has 2 rings (SSSR count). The number of aromatic amines is 1. The smallest absolute Gasteiger partial charge is 0.147 e. The molecule has 4 heteroatoms. The molecule has 0 aromatic carbocycles. The van der Waals surface area contributed by atoms with Crippen molar-refractivity contribution in [3.63, 3.8) is 0 Å². The van der Waals surface area contributed by atoms with E-state index >= 15 is 0 Å². The van der Waals surface area contributed by atoms with E-state index in [1.54, 1.807) is 12.4 Å². The predicted molar refractivity (Wildman–Crippen MR) is 46.9 cm³/mol. The van der Waals surface area contributed by atoms with Crippen molar-refractivity contribution in [1.82, 2.24) is 9.97 Å². The molecule has 0 aliphatic heterocycles. The zero-order valence-corrected chi connectivity index (χ0v) is 7.12. The van der Waals surface area contributed by atoms with Crippen molar-refractivity contribution < 1.29 is 0 Å². The molecule has 11 heavy (non-hydrogen) atoms. The highest BCUT2D eigenvalue weighted by Gasteiger charge is 2.01. The lowest BCUT2D eigenvalue weighted by atomic mass is 10.4. The third-order valence-electron chi connectivity index (χ3n) is 1.30. The van der Waals surface area contributed by atoms with Crippen LogP contribution in [0.2, 0.25) is 4.34 Å². The number of imidazole rings is 1. The summed E-state index contributed by atoms with van der Waals surface area (Å²) in [7, 11) is 0. The molecule has 0 amide bonds. The summed E-state index contributed by atoms with van der Waals surface area (Å²) in [5.74, 6) is 0.877. The number of rotatable bonds is 1. The molecule has 0 spiro atoms. The van der Waals surface area contributed by atoms with Gasteiger partial charge in [0.2, 0.25) is 0 Å². The SMILES string of the molecule is Clc1ccc(-c2ncc[nH]2)s1. The van der Waals surface area contributed by atoms with Crippen LogP contribution < -0.4 is 0 Å². The molecule has 1 N–H and O–H groups in total. The van der Waals surface area contributed by atoms with Crippen LogP contribution in [0.3, 0.4) is 0 Å². The fraction of sp³-hybridized carbons (Fsp3) is 0. The van der Waals surface area contributed by atoms with Crippen molar-refractivity contribution in [1.29, 1.82) is 0 Å². The van der Waals surface area contributed by atoms with Gasteiger partial charge >= 0.3 is 0 Å². The molecular weight excluding hydrogens is 180 g/mol. The van der Waals surface area contributed by atoms with Crippen molar-refractivity contribution >= 4 is 22.9 Å². The maximum Gasteiger partial charge on any atom is 0.147 e. The monoisotopic (exact) mass is 184 g/mol. The van der Waals surface area contributed by atoms with E-state index in [2.05, 4.69) is 9.97 Å². The van der Waals surface area contributed by atoms with Gasteiger partial charge in [-0.2, -0.15) is 0 Å². The van der Waals surface area contributed by atoms with Gasteiger partial charge in [-0.25, -0.2) is 4.98 Å². The first kappa shape index (κ1) is 6.88. The molecule has 2 nitrogen and oxygen atoms in total. The summed E-state index contributed by atoms with van der Waals surface area (Å²) in [6.07, 6.45) is 3.52. The standard InChI is InChI=1S/C7H5ClN2S/c8-6-2-1-5(11-6)7-9-3-4-10-7/h1-4H,(H,9,10). The molecular formula is C7H5ClN2S. The number of halogens is 1. The Bertz CT molecular complexity index is 339. The zero-order chi connectivity index (χ0) is 7.68. The van der Waals surface area contributed by atoms with Crippen LogP contribution in [0.1, 0.15) is 0 Å². The third-order valence-corrected chi connectivity index (χ3v) is 2.54. The summed E-state index contributed by atoms with van der Waals surface area (Å²) in [6.45, 7) is 0. The van der Waals surface area contributed by atoms with Crippen LogP contribution in [0.15, 0.2) is 24.5 Å². The van der Waals surface area contributed by atoms with Crippen molar-refractivity contribution in [2.45, 2.75) is 0 Å². The number of H-pyrrole nitrogens is 1. The number of nitrogens with one attached hydrogen (secondary N) is 1. The number of nitrogens with zero attached hydrogens (tertiary/aromatic N) is 1. The first-order valence-corrected chi connectivity index (χ1v) is 4.31. The van der Waals surface area contributed by atoms with Crippen molar-refractivity contribution in [3.8, 4) is 10.7 Å². The molecule has 0 saturated carbocycles. The quantitative estimate of drug-likeness (QED) is 0.726. The second-order valence-corrected chi connectivity index (χ2v) is 3.76. The Balaban J connectivity index is 2.45. The lowest BCUT2D eigenvalue weighted by Crippen LogP contribution is -1.71. The van der Waals surface area contributed by atoms with Crippen LogP contribution in [0, 0.1) is 0 Å². The molecule has 0 atom stereocenters. The first-order valence-electron chi connectivity index (χ1n) is 3.11. The summed E-state index contributed by atoms with van der Waals surface area (Å²) in [6, 6.07) is 3.82. The van der Waals surface area contributed by atoms with Crippen LogP contribution in [0.5, 0.6) is 0 Å². The second-order valence-electron chi connectivity index (χ2n) is 2.04. The lowest BCUT2D eigenvalue weighted by Gasteiger charge is -1.85. The molecule has 0 saturated heterocycles. The topological polar surface area (TPSA) is 28.7 Å². The van der Waals surface area contributed by atoms with Crippen molar-refractivity contribution in [3.05, 3.63) is 28.9 Å². The minimum absolute atomic E-state index is 0.788. The Labute approximate surface area is 72.9 Å². The van der Waals surface area contributed by atoms with Crippen LogP contribution in [0.25, 0.3) is 10.7 Å². The van der Waals surface area contributed by atoms with Gasteiger partial charge < -0.3 is 4.98 Å². The van der Waals surface area contributed by atoms with Gasteiger partial charge in [0.1, 0.15) is 5.82 Å². The lowest BCUT2D eigenvalue weighted by molar-refractivity contribution is 1.33. The van der Waals surface area contributed by atoms with E-state index < -0.39 is 0 Å². The van der Waals surface area contributed by atoms with E-state index in [1.165, 1.54) is 11.3 Å². The molecule has 0 fully saturated rings. The largest absolute Gasteiger partial charge is 0.344 e. The second kappa shape index (κ2) is 2.68. The molecule has 56 valence electrons. The van der Waals surface area contributed by atoms with Crippen LogP contribution in [0.4, 0.5) is 0 Å². The predicted octanol–water partition coefficient (Wildman–Crippen LogP) is 2.79. The molecule has 0 aliphatic carbocycles. The van der Waals surface area contributed by atoms with E-state index in [4.69, 9.17) is 11.6 Å². The normalized spacial score (nSPS) is 10.3. The van der Waals surface area contributed by atoms with Crippen LogP contribution in [-0.2, 0) is 0 Å². The molecule has 0 bridgehead atoms. The van der Waals surface area contributed by atoms with E-state index in [0.717, 1.165) is 15.0 Å². The zero-order valence-electron chi connectivity index (χ0n) is 5.54. The van der Waals surface area contributed by atoms with Gasteiger partial charge in [0.25, 0.3) is 0 Å². The minimum Gasteiger partial charge on any atom is -0.344 e. The minimum atomic E-state index is 0.788. The highest BCUT2D eigenvalue weighted by molar-refractivity contribution is 7.19. The average molecular weight is 185 g/mol. The van der Waals surface area contributed by atoms with E-state index in [9.17, 15) is 0 Å². The van der Waals surface area contributed by atoms with Crippen molar-refractivity contribution in [2.75, 3.05) is 0 Å². The summed E-state index contributed by atoms with van der Waals surface area (Å²) < 4.78 is 0.788. The molecule has 0 unspecified atom stereocenters. The molecule has 2 aromatic rings.